The van der Waals surface area contributed by atoms with E-state index in [1.165, 1.54) is 11.8 Å². The molecule has 1 aromatic rings. The molecule has 0 bridgehead atoms. The van der Waals surface area contributed by atoms with Crippen LogP contribution in [0.25, 0.3) is 0 Å². The van der Waals surface area contributed by atoms with Crippen molar-refractivity contribution in [2.75, 3.05) is 37.2 Å². The Morgan fingerprint density at radius 3 is 2.91 bits per heavy atom. The molecule has 2 aliphatic heterocycles. The van der Waals surface area contributed by atoms with Crippen molar-refractivity contribution in [1.82, 2.24) is 10.2 Å². The first-order chi connectivity index (χ1) is 11.2. The van der Waals surface area contributed by atoms with Gasteiger partial charge in [-0.25, -0.2) is 0 Å². The van der Waals surface area contributed by atoms with E-state index in [0.717, 1.165) is 49.6 Å². The SMILES string of the molecule is CCNCC1CCN(C(=O)c2ccc3c(c2)NC(=O)CS3)CC1. The second-order valence-electron chi connectivity index (χ2n) is 6.09. The molecule has 2 heterocycles. The number of fused-ring (bicyclic) bond motifs is 1. The van der Waals surface area contributed by atoms with Crippen LogP contribution in [0.1, 0.15) is 30.1 Å². The molecule has 0 radical (unpaired) electrons. The molecule has 0 saturated carbocycles. The molecule has 1 aromatic carbocycles. The van der Waals surface area contributed by atoms with Gasteiger partial charge in [0, 0.05) is 23.5 Å². The summed E-state index contributed by atoms with van der Waals surface area (Å²) in [6, 6.07) is 5.62. The Morgan fingerprint density at radius 1 is 1.39 bits per heavy atom. The number of nitrogens with zero attached hydrogens (tertiary/aromatic N) is 1. The van der Waals surface area contributed by atoms with Gasteiger partial charge in [0.15, 0.2) is 0 Å². The van der Waals surface area contributed by atoms with E-state index in [2.05, 4.69) is 17.6 Å². The Hall–Kier alpha value is -1.53. The summed E-state index contributed by atoms with van der Waals surface area (Å²) in [6.07, 6.45) is 2.10. The first-order valence-electron chi connectivity index (χ1n) is 8.24. The number of likely N-dealkylation sites (tertiary alicyclic amines) is 1. The van der Waals surface area contributed by atoms with Crippen molar-refractivity contribution in [3.05, 3.63) is 23.8 Å². The van der Waals surface area contributed by atoms with Gasteiger partial charge in [-0.05, 0) is 50.0 Å². The van der Waals surface area contributed by atoms with Gasteiger partial charge >= 0.3 is 0 Å². The Morgan fingerprint density at radius 2 is 2.17 bits per heavy atom. The lowest BCUT2D eigenvalue weighted by Gasteiger charge is -2.32. The van der Waals surface area contributed by atoms with Crippen LogP contribution >= 0.6 is 11.8 Å². The molecule has 3 rings (SSSR count). The van der Waals surface area contributed by atoms with Crippen LogP contribution in [0.15, 0.2) is 23.1 Å². The number of thioether (sulfide) groups is 1. The Labute approximate surface area is 141 Å². The molecule has 1 fully saturated rings. The molecule has 0 spiro atoms. The maximum absolute atomic E-state index is 12.7. The van der Waals surface area contributed by atoms with E-state index in [9.17, 15) is 9.59 Å². The standard InChI is InChI=1S/C17H23N3O2S/c1-2-18-10-12-5-7-20(8-6-12)17(22)13-3-4-15-14(9-13)19-16(21)11-23-15/h3-4,9,12,18H,2,5-8,10-11H2,1H3,(H,19,21). The minimum Gasteiger partial charge on any atom is -0.339 e. The minimum atomic E-state index is -0.00339. The van der Waals surface area contributed by atoms with Crippen molar-refractivity contribution in [1.29, 1.82) is 0 Å². The molecule has 6 heteroatoms. The highest BCUT2D eigenvalue weighted by molar-refractivity contribution is 8.00. The summed E-state index contributed by atoms with van der Waals surface area (Å²) in [5, 5.41) is 6.24. The van der Waals surface area contributed by atoms with E-state index in [1.807, 2.05) is 23.1 Å². The fourth-order valence-electron chi connectivity index (χ4n) is 3.09. The summed E-state index contributed by atoms with van der Waals surface area (Å²) < 4.78 is 0. The van der Waals surface area contributed by atoms with E-state index < -0.39 is 0 Å². The number of rotatable bonds is 4. The van der Waals surface area contributed by atoms with Crippen molar-refractivity contribution < 1.29 is 9.59 Å². The zero-order chi connectivity index (χ0) is 16.2. The van der Waals surface area contributed by atoms with Crippen LogP contribution in [-0.2, 0) is 4.79 Å². The zero-order valence-corrected chi connectivity index (χ0v) is 14.2. The van der Waals surface area contributed by atoms with Gasteiger partial charge in [0.1, 0.15) is 0 Å². The van der Waals surface area contributed by atoms with E-state index in [1.54, 1.807) is 0 Å². The molecule has 124 valence electrons. The number of carbonyl (C=O) groups is 2. The Balaban J connectivity index is 1.63. The molecule has 1 saturated heterocycles. The van der Waals surface area contributed by atoms with Gasteiger partial charge in [-0.3, -0.25) is 9.59 Å². The topological polar surface area (TPSA) is 61.4 Å². The molecule has 5 nitrogen and oxygen atoms in total. The summed E-state index contributed by atoms with van der Waals surface area (Å²) in [5.74, 6) is 1.17. The van der Waals surface area contributed by atoms with Gasteiger partial charge in [-0.15, -0.1) is 11.8 Å². The smallest absolute Gasteiger partial charge is 0.253 e. The largest absolute Gasteiger partial charge is 0.339 e. The highest BCUT2D eigenvalue weighted by Crippen LogP contribution is 2.32. The van der Waals surface area contributed by atoms with Crippen molar-refractivity contribution in [3.63, 3.8) is 0 Å². The van der Waals surface area contributed by atoms with Gasteiger partial charge in [-0.1, -0.05) is 6.92 Å². The third-order valence-corrected chi connectivity index (χ3v) is 5.52. The Kier molecular flexibility index (Phi) is 5.23. The van der Waals surface area contributed by atoms with E-state index in [0.29, 0.717) is 17.2 Å². The van der Waals surface area contributed by atoms with Crippen molar-refractivity contribution in [2.45, 2.75) is 24.7 Å². The number of piperidine rings is 1. The molecule has 0 aromatic heterocycles. The third-order valence-electron chi connectivity index (χ3n) is 4.44. The fraction of sp³-hybridized carbons (Fsp3) is 0.529. The second-order valence-corrected chi connectivity index (χ2v) is 7.11. The van der Waals surface area contributed by atoms with Crippen LogP contribution in [0.2, 0.25) is 0 Å². The molecule has 2 N–H and O–H groups in total. The predicted octanol–water partition coefficient (Wildman–Crippen LogP) is 2.19. The fourth-order valence-corrected chi connectivity index (χ4v) is 3.88. The summed E-state index contributed by atoms with van der Waals surface area (Å²) in [6.45, 7) is 5.78. The summed E-state index contributed by atoms with van der Waals surface area (Å²) in [5.41, 5.74) is 1.43. The normalized spacial score (nSPS) is 18.5. The molecule has 2 aliphatic rings. The summed E-state index contributed by atoms with van der Waals surface area (Å²) in [7, 11) is 0. The molecular weight excluding hydrogens is 310 g/mol. The quantitative estimate of drug-likeness (QED) is 0.887. The first-order valence-corrected chi connectivity index (χ1v) is 9.22. The van der Waals surface area contributed by atoms with Crippen LogP contribution in [0.3, 0.4) is 0 Å². The van der Waals surface area contributed by atoms with E-state index in [4.69, 9.17) is 0 Å². The number of anilines is 1. The number of hydrogen-bond acceptors (Lipinski definition) is 4. The Bertz CT molecular complexity index is 598. The van der Waals surface area contributed by atoms with Gasteiger partial charge in [0.05, 0.1) is 11.4 Å². The van der Waals surface area contributed by atoms with Crippen LogP contribution < -0.4 is 10.6 Å². The summed E-state index contributed by atoms with van der Waals surface area (Å²) >= 11 is 1.52. The van der Waals surface area contributed by atoms with Crippen molar-refractivity contribution in [3.8, 4) is 0 Å². The predicted molar refractivity (Wildman–Crippen MR) is 93.0 cm³/mol. The summed E-state index contributed by atoms with van der Waals surface area (Å²) in [4.78, 5) is 27.1. The molecule has 0 aliphatic carbocycles. The molecule has 0 atom stereocenters. The van der Waals surface area contributed by atoms with Crippen LogP contribution in [0, 0.1) is 5.92 Å². The monoisotopic (exact) mass is 333 g/mol. The van der Waals surface area contributed by atoms with E-state index in [-0.39, 0.29) is 11.8 Å². The number of nitrogens with one attached hydrogen (secondary N) is 2. The van der Waals surface area contributed by atoms with Gasteiger partial charge in [0.25, 0.3) is 5.91 Å². The van der Waals surface area contributed by atoms with Crippen molar-refractivity contribution in [2.24, 2.45) is 5.92 Å². The number of benzene rings is 1. The highest BCUT2D eigenvalue weighted by Gasteiger charge is 2.24. The number of hydrogen-bond donors (Lipinski definition) is 2. The minimum absolute atomic E-state index is 0.00339. The lowest BCUT2D eigenvalue weighted by Crippen LogP contribution is -2.40. The molecule has 23 heavy (non-hydrogen) atoms. The molecule has 0 unspecified atom stereocenters. The van der Waals surface area contributed by atoms with Crippen LogP contribution in [-0.4, -0.2) is 48.6 Å². The third kappa shape index (κ3) is 3.87. The van der Waals surface area contributed by atoms with Crippen LogP contribution in [0.5, 0.6) is 0 Å². The highest BCUT2D eigenvalue weighted by atomic mass is 32.2. The average Bonchev–Trinajstić information content (AvgIpc) is 2.59. The number of amides is 2. The van der Waals surface area contributed by atoms with E-state index >= 15 is 0 Å². The van der Waals surface area contributed by atoms with Crippen LogP contribution in [0.4, 0.5) is 5.69 Å². The molecular formula is C17H23N3O2S. The van der Waals surface area contributed by atoms with Gasteiger partial charge in [-0.2, -0.15) is 0 Å². The van der Waals surface area contributed by atoms with Gasteiger partial charge < -0.3 is 15.5 Å². The van der Waals surface area contributed by atoms with Crippen molar-refractivity contribution >= 4 is 29.3 Å². The average molecular weight is 333 g/mol. The zero-order valence-electron chi connectivity index (χ0n) is 13.4. The number of carbonyl (C=O) groups excluding carboxylic acids is 2. The lowest BCUT2D eigenvalue weighted by molar-refractivity contribution is -0.113. The maximum Gasteiger partial charge on any atom is 0.253 e. The second kappa shape index (κ2) is 7.36. The van der Waals surface area contributed by atoms with Gasteiger partial charge in [0.2, 0.25) is 5.91 Å². The lowest BCUT2D eigenvalue weighted by atomic mass is 9.96. The first kappa shape index (κ1) is 16.3. The molecule has 2 amide bonds. The maximum atomic E-state index is 12.7.